The zero-order valence-corrected chi connectivity index (χ0v) is 14.8. The molecule has 6 nitrogen and oxygen atoms in total. The van der Waals surface area contributed by atoms with Crippen molar-refractivity contribution in [3.05, 3.63) is 57.2 Å². The molecule has 0 saturated heterocycles. The second-order valence-corrected chi connectivity index (χ2v) is 6.22. The van der Waals surface area contributed by atoms with Crippen LogP contribution in [0.4, 0.5) is 0 Å². The van der Waals surface area contributed by atoms with E-state index < -0.39 is 0 Å². The van der Waals surface area contributed by atoms with E-state index in [1.54, 1.807) is 24.3 Å². The van der Waals surface area contributed by atoms with E-state index in [9.17, 15) is 9.59 Å². The molecule has 2 N–H and O–H groups in total. The van der Waals surface area contributed by atoms with Gasteiger partial charge in [0.25, 0.3) is 11.8 Å². The summed E-state index contributed by atoms with van der Waals surface area (Å²) in [5.41, 5.74) is 1.11. The largest absolute Gasteiger partial charge is 0.454 e. The highest BCUT2D eigenvalue weighted by Crippen LogP contribution is 2.32. The number of ether oxygens (including phenoxy) is 2. The summed E-state index contributed by atoms with van der Waals surface area (Å²) in [6.07, 6.45) is 0. The summed E-state index contributed by atoms with van der Waals surface area (Å²) in [6.45, 7) is 0.854. The number of carbonyl (C=O) groups excluding carboxylic acids is 2. The van der Waals surface area contributed by atoms with Gasteiger partial charge < -0.3 is 20.1 Å². The fraction of sp³-hybridized carbons (Fsp3) is 0.176. The molecule has 3 rings (SSSR count). The summed E-state index contributed by atoms with van der Waals surface area (Å²) in [5.74, 6) is 0.819. The third-order valence-electron chi connectivity index (χ3n) is 3.45. The fourth-order valence-electron chi connectivity index (χ4n) is 2.23. The number of rotatable bonds is 5. The summed E-state index contributed by atoms with van der Waals surface area (Å²) in [7, 11) is 0. The van der Waals surface area contributed by atoms with Crippen LogP contribution in [0, 0.1) is 3.57 Å². The fourth-order valence-corrected chi connectivity index (χ4v) is 2.86. The Morgan fingerprint density at radius 1 is 0.958 bits per heavy atom. The third-order valence-corrected chi connectivity index (χ3v) is 4.39. The number of nitrogens with one attached hydrogen (secondary N) is 2. The molecule has 0 aliphatic carbocycles. The molecule has 0 spiro atoms. The maximum atomic E-state index is 12.1. The molecule has 0 aromatic heterocycles. The number of amides is 2. The first kappa shape index (κ1) is 16.6. The van der Waals surface area contributed by atoms with Crippen molar-refractivity contribution in [1.82, 2.24) is 10.6 Å². The van der Waals surface area contributed by atoms with Crippen LogP contribution in [0.5, 0.6) is 11.5 Å². The minimum atomic E-state index is -0.225. The zero-order valence-electron chi connectivity index (χ0n) is 12.7. The van der Waals surface area contributed by atoms with E-state index in [0.29, 0.717) is 35.7 Å². The smallest absolute Gasteiger partial charge is 0.252 e. The van der Waals surface area contributed by atoms with Crippen molar-refractivity contribution in [3.8, 4) is 11.5 Å². The summed E-state index contributed by atoms with van der Waals surface area (Å²) in [5, 5.41) is 5.54. The van der Waals surface area contributed by atoms with E-state index in [4.69, 9.17) is 9.47 Å². The van der Waals surface area contributed by atoms with Gasteiger partial charge in [-0.25, -0.2) is 0 Å². The Balaban J connectivity index is 1.47. The minimum Gasteiger partial charge on any atom is -0.454 e. The van der Waals surface area contributed by atoms with Crippen molar-refractivity contribution in [3.63, 3.8) is 0 Å². The molecule has 2 aromatic rings. The van der Waals surface area contributed by atoms with Gasteiger partial charge in [-0.1, -0.05) is 12.1 Å². The van der Waals surface area contributed by atoms with Gasteiger partial charge in [0, 0.05) is 22.2 Å². The van der Waals surface area contributed by atoms with E-state index >= 15 is 0 Å². The standard InChI is InChI=1S/C17H15IN2O4/c18-13-4-2-1-3-12(13)17(22)20-8-7-19-16(21)11-5-6-14-15(9-11)24-10-23-14/h1-6,9H,7-8,10H2,(H,19,21)(H,20,22). The quantitative estimate of drug-likeness (QED) is 0.555. The van der Waals surface area contributed by atoms with Gasteiger partial charge in [0.05, 0.1) is 5.56 Å². The van der Waals surface area contributed by atoms with Crippen LogP contribution in [-0.4, -0.2) is 31.7 Å². The number of hydrogen-bond acceptors (Lipinski definition) is 4. The molecular formula is C17H15IN2O4. The highest BCUT2D eigenvalue weighted by Gasteiger charge is 2.16. The van der Waals surface area contributed by atoms with Crippen molar-refractivity contribution in [2.45, 2.75) is 0 Å². The second kappa shape index (κ2) is 7.52. The predicted molar refractivity (Wildman–Crippen MR) is 96.4 cm³/mol. The normalized spacial score (nSPS) is 11.9. The van der Waals surface area contributed by atoms with Crippen molar-refractivity contribution >= 4 is 34.4 Å². The van der Waals surface area contributed by atoms with Gasteiger partial charge >= 0.3 is 0 Å². The second-order valence-electron chi connectivity index (χ2n) is 5.06. The molecule has 2 amide bonds. The van der Waals surface area contributed by atoms with Crippen molar-refractivity contribution in [2.24, 2.45) is 0 Å². The lowest BCUT2D eigenvalue weighted by molar-refractivity contribution is 0.0927. The maximum absolute atomic E-state index is 12.1. The molecule has 0 unspecified atom stereocenters. The summed E-state index contributed by atoms with van der Waals surface area (Å²) in [4.78, 5) is 24.1. The average Bonchev–Trinajstić information content (AvgIpc) is 3.06. The number of benzene rings is 2. The van der Waals surface area contributed by atoms with Crippen LogP contribution in [0.15, 0.2) is 42.5 Å². The maximum Gasteiger partial charge on any atom is 0.252 e. The zero-order chi connectivity index (χ0) is 16.9. The van der Waals surface area contributed by atoms with Crippen LogP contribution >= 0.6 is 22.6 Å². The molecule has 0 saturated carbocycles. The number of fused-ring (bicyclic) bond motifs is 1. The van der Waals surface area contributed by atoms with Gasteiger partial charge in [0.1, 0.15) is 0 Å². The van der Waals surface area contributed by atoms with Crippen molar-refractivity contribution < 1.29 is 19.1 Å². The Labute approximate surface area is 152 Å². The monoisotopic (exact) mass is 438 g/mol. The first-order valence-electron chi connectivity index (χ1n) is 7.36. The first-order chi connectivity index (χ1) is 11.6. The van der Waals surface area contributed by atoms with Gasteiger partial charge in [-0.3, -0.25) is 9.59 Å². The molecule has 24 heavy (non-hydrogen) atoms. The lowest BCUT2D eigenvalue weighted by Gasteiger charge is -2.08. The number of halogens is 1. The van der Waals surface area contributed by atoms with Gasteiger partial charge in [-0.05, 0) is 52.9 Å². The number of carbonyl (C=O) groups is 2. The van der Waals surface area contributed by atoms with Crippen LogP contribution in [0.1, 0.15) is 20.7 Å². The molecule has 0 atom stereocenters. The lowest BCUT2D eigenvalue weighted by atomic mass is 10.2. The van der Waals surface area contributed by atoms with Crippen molar-refractivity contribution in [1.29, 1.82) is 0 Å². The molecule has 7 heteroatoms. The summed E-state index contributed by atoms with van der Waals surface area (Å²) >= 11 is 2.12. The summed E-state index contributed by atoms with van der Waals surface area (Å²) < 4.78 is 11.3. The molecule has 1 aliphatic heterocycles. The van der Waals surface area contributed by atoms with Crippen LogP contribution in [-0.2, 0) is 0 Å². The Hall–Kier alpha value is -2.29. The van der Waals surface area contributed by atoms with E-state index in [1.807, 2.05) is 18.2 Å². The molecular weight excluding hydrogens is 423 g/mol. The van der Waals surface area contributed by atoms with E-state index in [2.05, 4.69) is 33.2 Å². The van der Waals surface area contributed by atoms with Gasteiger partial charge in [0.15, 0.2) is 11.5 Å². The summed E-state index contributed by atoms with van der Waals surface area (Å²) in [6, 6.07) is 12.4. The molecule has 2 aromatic carbocycles. The van der Waals surface area contributed by atoms with Gasteiger partial charge in [-0.15, -0.1) is 0 Å². The Morgan fingerprint density at radius 3 is 2.46 bits per heavy atom. The molecule has 124 valence electrons. The third kappa shape index (κ3) is 3.78. The topological polar surface area (TPSA) is 76.7 Å². The molecule has 1 aliphatic rings. The predicted octanol–water partition coefficient (Wildman–Crippen LogP) is 2.18. The SMILES string of the molecule is O=C(NCCNC(=O)c1ccccc1I)c1ccc2c(c1)OCO2. The van der Waals surface area contributed by atoms with E-state index in [-0.39, 0.29) is 18.6 Å². The first-order valence-corrected chi connectivity index (χ1v) is 8.43. The average molecular weight is 438 g/mol. The van der Waals surface area contributed by atoms with Crippen LogP contribution in [0.25, 0.3) is 0 Å². The highest BCUT2D eigenvalue weighted by molar-refractivity contribution is 14.1. The van der Waals surface area contributed by atoms with Crippen LogP contribution in [0.2, 0.25) is 0 Å². The van der Waals surface area contributed by atoms with E-state index in [0.717, 1.165) is 3.57 Å². The van der Waals surface area contributed by atoms with Crippen LogP contribution in [0.3, 0.4) is 0 Å². The van der Waals surface area contributed by atoms with Crippen molar-refractivity contribution in [2.75, 3.05) is 19.9 Å². The Kier molecular flexibility index (Phi) is 5.19. The lowest BCUT2D eigenvalue weighted by Crippen LogP contribution is -2.34. The Bertz CT molecular complexity index is 779. The Morgan fingerprint density at radius 2 is 1.67 bits per heavy atom. The van der Waals surface area contributed by atoms with Gasteiger partial charge in [0.2, 0.25) is 6.79 Å². The van der Waals surface area contributed by atoms with Gasteiger partial charge in [-0.2, -0.15) is 0 Å². The molecule has 1 heterocycles. The van der Waals surface area contributed by atoms with Crippen LogP contribution < -0.4 is 20.1 Å². The number of hydrogen-bond donors (Lipinski definition) is 2. The minimum absolute atomic E-state index is 0.155. The highest BCUT2D eigenvalue weighted by atomic mass is 127. The molecule has 0 radical (unpaired) electrons. The molecule has 0 fully saturated rings. The van der Waals surface area contributed by atoms with E-state index in [1.165, 1.54) is 0 Å². The molecule has 0 bridgehead atoms.